The minimum Gasteiger partial charge on any atom is -0.485 e. The quantitative estimate of drug-likeness (QED) is 0.0679. The van der Waals surface area contributed by atoms with Crippen LogP contribution in [-0.4, -0.2) is 117 Å². The molecular weight excluding hydrogens is 822 g/mol. The summed E-state index contributed by atoms with van der Waals surface area (Å²) in [6.45, 7) is 17.0. The van der Waals surface area contributed by atoms with Crippen LogP contribution in [0.25, 0.3) is 11.0 Å². The van der Waals surface area contributed by atoms with Crippen molar-refractivity contribution in [1.29, 1.82) is 0 Å². The van der Waals surface area contributed by atoms with E-state index >= 15 is 0 Å². The van der Waals surface area contributed by atoms with Crippen LogP contribution in [-0.2, 0) is 14.8 Å². The molecule has 2 aromatic heterocycles. The van der Waals surface area contributed by atoms with Crippen molar-refractivity contribution < 1.29 is 32.3 Å². The van der Waals surface area contributed by atoms with Gasteiger partial charge in [0.2, 0.25) is 0 Å². The number of nitrogens with one attached hydrogen (secondary N) is 2. The zero-order valence-corrected chi connectivity index (χ0v) is 36.2. The number of aromatic nitrogens is 2. The summed E-state index contributed by atoms with van der Waals surface area (Å²) in [6, 6.07) is 12.0. The highest BCUT2D eigenvalue weighted by molar-refractivity contribution is 7.90. The third-order valence-corrected chi connectivity index (χ3v) is 13.8. The Bertz CT molecular complexity index is 2470. The molecule has 61 heavy (non-hydrogen) atoms. The van der Waals surface area contributed by atoms with E-state index in [4.69, 9.17) is 25.8 Å². The van der Waals surface area contributed by atoms with Gasteiger partial charge in [0.05, 0.1) is 34.8 Å². The fourth-order valence-corrected chi connectivity index (χ4v) is 9.96. The molecule has 17 heteroatoms. The van der Waals surface area contributed by atoms with Crippen molar-refractivity contribution in [2.75, 3.05) is 83.0 Å². The number of sulfonamides is 1. The summed E-state index contributed by atoms with van der Waals surface area (Å²) in [4.78, 5) is 39.1. The predicted molar refractivity (Wildman–Crippen MR) is 233 cm³/mol. The number of halogens is 1. The Kier molecular flexibility index (Phi) is 12.2. The van der Waals surface area contributed by atoms with E-state index in [-0.39, 0.29) is 34.5 Å². The van der Waals surface area contributed by atoms with Crippen LogP contribution < -0.4 is 19.1 Å². The Morgan fingerprint density at radius 3 is 2.57 bits per heavy atom. The molecule has 0 radical (unpaired) electrons. The maximum absolute atomic E-state index is 13.9. The number of hydrogen-bond donors (Lipinski definition) is 2. The van der Waals surface area contributed by atoms with Gasteiger partial charge < -0.3 is 24.1 Å². The van der Waals surface area contributed by atoms with E-state index in [0.29, 0.717) is 23.8 Å². The van der Waals surface area contributed by atoms with Crippen molar-refractivity contribution in [3.05, 3.63) is 99.9 Å². The van der Waals surface area contributed by atoms with Gasteiger partial charge in [-0.25, -0.2) is 18.1 Å². The number of allylic oxidation sites excluding steroid dienone is 2. The van der Waals surface area contributed by atoms with Crippen molar-refractivity contribution in [3.8, 4) is 17.2 Å². The Balaban J connectivity index is 0.974. The first kappa shape index (κ1) is 42.7. The van der Waals surface area contributed by atoms with Crippen molar-refractivity contribution in [3.63, 3.8) is 0 Å². The van der Waals surface area contributed by atoms with Gasteiger partial charge in [-0.1, -0.05) is 31.6 Å². The highest BCUT2D eigenvalue weighted by atomic mass is 35.5. The maximum Gasteiger partial charge on any atom is 0.312 e. The number of carbonyl (C=O) groups is 1. The highest BCUT2D eigenvalue weighted by Gasteiger charge is 2.48. The second-order valence-electron chi connectivity index (χ2n) is 17.5. The van der Waals surface area contributed by atoms with Crippen LogP contribution in [0.5, 0.6) is 17.2 Å². The second kappa shape index (κ2) is 17.4. The monoisotopic (exact) mass is 873 g/mol. The van der Waals surface area contributed by atoms with Gasteiger partial charge in [0.25, 0.3) is 15.9 Å². The van der Waals surface area contributed by atoms with Gasteiger partial charge in [0, 0.05) is 93.1 Å². The molecule has 15 nitrogen and oxygen atoms in total. The van der Waals surface area contributed by atoms with Crippen molar-refractivity contribution >= 4 is 49.9 Å². The van der Waals surface area contributed by atoms with Gasteiger partial charge in [-0.15, -0.1) is 11.6 Å². The fourth-order valence-electron chi connectivity index (χ4n) is 8.75. The zero-order valence-electron chi connectivity index (χ0n) is 34.6. The molecule has 1 spiro atoms. The first-order valence-corrected chi connectivity index (χ1v) is 22.7. The van der Waals surface area contributed by atoms with Gasteiger partial charge in [-0.05, 0) is 73.1 Å². The second-order valence-corrected chi connectivity index (χ2v) is 19.5. The van der Waals surface area contributed by atoms with E-state index in [1.807, 2.05) is 6.07 Å². The number of amides is 1. The summed E-state index contributed by atoms with van der Waals surface area (Å²) in [6.07, 6.45) is 7.24. The number of H-pyrrole nitrogens is 1. The van der Waals surface area contributed by atoms with E-state index in [1.165, 1.54) is 35.5 Å². The Morgan fingerprint density at radius 2 is 1.85 bits per heavy atom. The Hall–Kier alpha value is -5.00. The van der Waals surface area contributed by atoms with E-state index in [2.05, 4.69) is 49.8 Å². The summed E-state index contributed by atoms with van der Waals surface area (Å²) in [5, 5.41) is 12.8. The largest absolute Gasteiger partial charge is 0.485 e. The number of nitro benzene ring substituents is 1. The number of anilines is 1. The number of benzene rings is 2. The molecule has 3 saturated heterocycles. The van der Waals surface area contributed by atoms with Crippen LogP contribution in [0, 0.1) is 20.9 Å². The number of nitro groups is 1. The van der Waals surface area contributed by atoms with Crippen LogP contribution in [0.3, 0.4) is 0 Å². The number of hydrogen-bond acceptors (Lipinski definition) is 12. The van der Waals surface area contributed by atoms with Crippen LogP contribution in [0.4, 0.5) is 11.4 Å². The van der Waals surface area contributed by atoms with Gasteiger partial charge in [0.1, 0.15) is 23.8 Å². The predicted octanol–water partition coefficient (Wildman–Crippen LogP) is 6.91. The topological polar surface area (TPSA) is 172 Å². The smallest absolute Gasteiger partial charge is 0.312 e. The van der Waals surface area contributed by atoms with Crippen LogP contribution in [0.15, 0.2) is 89.1 Å². The average molecular weight is 874 g/mol. The maximum atomic E-state index is 13.9. The van der Waals surface area contributed by atoms with E-state index in [9.17, 15) is 23.3 Å². The van der Waals surface area contributed by atoms with E-state index in [0.717, 1.165) is 107 Å². The number of alkyl halides is 1. The lowest BCUT2D eigenvalue weighted by atomic mass is 9.72. The number of fused-ring (bicyclic) bond motifs is 1. The third kappa shape index (κ3) is 9.58. The van der Waals surface area contributed by atoms with Crippen molar-refractivity contribution in [1.82, 2.24) is 24.5 Å². The summed E-state index contributed by atoms with van der Waals surface area (Å²) in [7, 11) is -4.58. The molecule has 0 atom stereocenters. The van der Waals surface area contributed by atoms with Gasteiger partial charge >= 0.3 is 5.69 Å². The first-order valence-electron chi connectivity index (χ1n) is 20.7. The molecule has 1 amide bonds. The standard InChI is InChI=1S/C44H52ClN7O8S/c1-30(9-12-45)37-23-43(2,3)11-8-32(37)25-49-14-16-51(17-15-49)33-4-6-36(40(21-33)60-34-20-31-10-13-46-41(31)47-24-34)42(53)48-61(56,57)35-5-7-39(38(22-35)52(54)55)59-19-18-50-26-44(27-50)28-58-29-44/h4-7,10,13,20-22,24H,1,8-9,11-12,14-19,23,25-29H2,2-3H3,(H,46,47)(H,48,53). The molecule has 324 valence electrons. The minimum atomic E-state index is -4.58. The number of rotatable bonds is 16. The summed E-state index contributed by atoms with van der Waals surface area (Å²) in [5.74, 6) is -0.0115. The molecule has 1 aliphatic carbocycles. The van der Waals surface area contributed by atoms with Gasteiger partial charge in [0.15, 0.2) is 5.75 Å². The highest BCUT2D eigenvalue weighted by Crippen LogP contribution is 2.42. The molecule has 4 aliphatic rings. The van der Waals surface area contributed by atoms with Crippen molar-refractivity contribution in [2.24, 2.45) is 10.8 Å². The number of likely N-dealkylation sites (tertiary alicyclic amines) is 1. The third-order valence-electron chi connectivity index (χ3n) is 12.2. The lowest BCUT2D eigenvalue weighted by Gasteiger charge is -2.55. The fraction of sp³-hybridized carbons (Fsp3) is 0.455. The Labute approximate surface area is 360 Å². The lowest BCUT2D eigenvalue weighted by Crippen LogP contribution is -2.66. The van der Waals surface area contributed by atoms with E-state index in [1.54, 1.807) is 24.4 Å². The zero-order chi connectivity index (χ0) is 42.9. The normalized spacial score (nSPS) is 19.0. The molecule has 3 fully saturated rings. The molecule has 4 aromatic rings. The molecule has 2 N–H and O–H groups in total. The first-order chi connectivity index (χ1) is 29.2. The summed E-state index contributed by atoms with van der Waals surface area (Å²) < 4.78 is 46.7. The van der Waals surface area contributed by atoms with Crippen molar-refractivity contribution in [2.45, 2.75) is 44.4 Å². The molecule has 8 rings (SSSR count). The molecule has 5 heterocycles. The number of piperazine rings is 1. The Morgan fingerprint density at radius 1 is 1.07 bits per heavy atom. The minimum absolute atomic E-state index is 0.0484. The number of ether oxygens (including phenoxy) is 3. The average Bonchev–Trinajstić information content (AvgIpc) is 3.67. The SMILES string of the molecule is C=C(CCCl)C1=C(CN2CCN(c3ccc(C(=O)NS(=O)(=O)c4ccc(OCCN5CC6(COC6)C5)c([N+](=O)[O-])c4)c(Oc4cnc5[nH]ccc5c4)c3)CC2)CCC(C)(C)C1. The molecule has 0 unspecified atom stereocenters. The molecule has 0 bridgehead atoms. The van der Waals surface area contributed by atoms with Crippen LogP contribution in [0.2, 0.25) is 0 Å². The molecule has 0 saturated carbocycles. The number of pyridine rings is 1. The summed E-state index contributed by atoms with van der Waals surface area (Å²) in [5.41, 5.74) is 5.31. The molecule has 3 aliphatic heterocycles. The number of nitrogens with zero attached hydrogens (tertiary/aromatic N) is 5. The van der Waals surface area contributed by atoms with Gasteiger partial charge in [-0.2, -0.15) is 0 Å². The molecule has 2 aromatic carbocycles. The number of carbonyl (C=O) groups excluding carboxylic acids is 1. The lowest BCUT2D eigenvalue weighted by molar-refractivity contribution is -0.386. The van der Waals surface area contributed by atoms with E-state index < -0.39 is 31.4 Å². The molecular formula is C44H52ClN7O8S. The van der Waals surface area contributed by atoms with Crippen LogP contribution in [0.1, 0.15) is 49.9 Å². The number of aromatic amines is 1. The summed E-state index contributed by atoms with van der Waals surface area (Å²) >= 11 is 6.12. The van der Waals surface area contributed by atoms with Gasteiger partial charge in [-0.3, -0.25) is 24.7 Å². The van der Waals surface area contributed by atoms with Crippen LogP contribution >= 0.6 is 11.6 Å².